The Morgan fingerprint density at radius 2 is 1.74 bits per heavy atom. The Balaban J connectivity index is 1.85. The van der Waals surface area contributed by atoms with E-state index in [9.17, 15) is 18.3 Å². The van der Waals surface area contributed by atoms with Crippen molar-refractivity contribution in [2.45, 2.75) is 18.7 Å². The second-order valence-electron chi connectivity index (χ2n) is 6.46. The van der Waals surface area contributed by atoms with Crippen LogP contribution in [0.2, 0.25) is 0 Å². The zero-order valence-electron chi connectivity index (χ0n) is 15.2. The van der Waals surface area contributed by atoms with Crippen LogP contribution in [0, 0.1) is 13.8 Å². The molecule has 2 aromatic carbocycles. The predicted octanol–water partition coefficient (Wildman–Crippen LogP) is 1.30. The third-order valence-electron chi connectivity index (χ3n) is 4.64. The van der Waals surface area contributed by atoms with E-state index in [0.717, 1.165) is 24.8 Å². The summed E-state index contributed by atoms with van der Waals surface area (Å²) >= 11 is 0. The number of aromatic carboxylic acids is 1. The van der Waals surface area contributed by atoms with Crippen molar-refractivity contribution in [3.63, 3.8) is 0 Å². The first kappa shape index (κ1) is 19.2. The summed E-state index contributed by atoms with van der Waals surface area (Å²) in [6, 6.07) is 9.60. The van der Waals surface area contributed by atoms with Gasteiger partial charge in [-0.05, 0) is 66.9 Å². The van der Waals surface area contributed by atoms with E-state index in [4.69, 9.17) is 4.74 Å². The second kappa shape index (κ2) is 7.58. The Morgan fingerprint density at radius 1 is 1.11 bits per heavy atom. The minimum Gasteiger partial charge on any atom is -0.545 e. The number of hydrogen-bond donors (Lipinski definition) is 1. The number of anilines is 2. The summed E-state index contributed by atoms with van der Waals surface area (Å²) in [5.41, 5.74) is 2.30. The lowest BCUT2D eigenvalue weighted by Gasteiger charge is -2.28. The highest BCUT2D eigenvalue weighted by Crippen LogP contribution is 2.25. The highest BCUT2D eigenvalue weighted by atomic mass is 32.2. The van der Waals surface area contributed by atoms with Crippen molar-refractivity contribution in [1.82, 2.24) is 0 Å². The molecule has 2 aromatic rings. The number of carboxylic acids is 1. The first-order valence-corrected chi connectivity index (χ1v) is 10.0. The number of carboxylic acid groups (broad SMARTS) is 1. The van der Waals surface area contributed by atoms with E-state index < -0.39 is 16.0 Å². The van der Waals surface area contributed by atoms with Crippen LogP contribution in [0.15, 0.2) is 41.3 Å². The molecular weight excluding hydrogens is 368 g/mol. The summed E-state index contributed by atoms with van der Waals surface area (Å²) in [5, 5.41) is 11.1. The van der Waals surface area contributed by atoms with E-state index in [0.29, 0.717) is 30.0 Å². The smallest absolute Gasteiger partial charge is 0.262 e. The third-order valence-corrected chi connectivity index (χ3v) is 6.15. The number of morpholine rings is 1. The number of carbonyl (C=O) groups is 1. The molecule has 1 heterocycles. The van der Waals surface area contributed by atoms with Gasteiger partial charge in [-0.3, -0.25) is 4.72 Å². The van der Waals surface area contributed by atoms with Gasteiger partial charge in [0.25, 0.3) is 10.0 Å². The number of hydrogen-bond acceptors (Lipinski definition) is 6. The Bertz CT molecular complexity index is 949. The molecule has 1 saturated heterocycles. The van der Waals surface area contributed by atoms with Crippen molar-refractivity contribution in [1.29, 1.82) is 0 Å². The standard InChI is InChI=1S/C19H22N2O5S/c1-13-11-15(19(22)23)12-18(14(13)2)27(24,25)20-16-3-5-17(6-4-16)21-7-9-26-10-8-21/h3-6,11-12,20H,7-10H2,1-2H3,(H,22,23)/p-1. The van der Waals surface area contributed by atoms with Crippen LogP contribution < -0.4 is 14.7 Å². The summed E-state index contributed by atoms with van der Waals surface area (Å²) in [4.78, 5) is 13.2. The van der Waals surface area contributed by atoms with Gasteiger partial charge in [0, 0.05) is 24.5 Å². The van der Waals surface area contributed by atoms with Crippen molar-refractivity contribution in [2.75, 3.05) is 35.9 Å². The van der Waals surface area contributed by atoms with Crippen LogP contribution in [0.25, 0.3) is 0 Å². The van der Waals surface area contributed by atoms with Gasteiger partial charge in [0.2, 0.25) is 0 Å². The molecule has 0 spiro atoms. The first-order valence-electron chi connectivity index (χ1n) is 8.56. The molecule has 1 aliphatic rings. The second-order valence-corrected chi connectivity index (χ2v) is 8.11. The summed E-state index contributed by atoms with van der Waals surface area (Å²) < 4.78 is 33.4. The molecule has 3 rings (SSSR count). The van der Waals surface area contributed by atoms with Gasteiger partial charge in [-0.25, -0.2) is 8.42 Å². The maximum Gasteiger partial charge on any atom is 0.262 e. The summed E-state index contributed by atoms with van der Waals surface area (Å²) in [5.74, 6) is -1.41. The fourth-order valence-electron chi connectivity index (χ4n) is 3.00. The minimum atomic E-state index is -3.93. The van der Waals surface area contributed by atoms with Crippen molar-refractivity contribution < 1.29 is 23.1 Å². The molecule has 0 unspecified atom stereocenters. The zero-order chi connectivity index (χ0) is 19.6. The molecule has 7 nitrogen and oxygen atoms in total. The zero-order valence-corrected chi connectivity index (χ0v) is 16.0. The van der Waals surface area contributed by atoms with Gasteiger partial charge in [-0.15, -0.1) is 0 Å². The summed E-state index contributed by atoms with van der Waals surface area (Å²) in [7, 11) is -3.93. The lowest BCUT2D eigenvalue weighted by Crippen LogP contribution is -2.36. The molecular formula is C19H21N2O5S-. The van der Waals surface area contributed by atoms with E-state index in [1.807, 2.05) is 12.1 Å². The fourth-order valence-corrected chi connectivity index (χ4v) is 4.40. The Hall–Kier alpha value is -2.58. The molecule has 1 aliphatic heterocycles. The van der Waals surface area contributed by atoms with Gasteiger partial charge >= 0.3 is 0 Å². The normalized spacial score (nSPS) is 14.8. The van der Waals surface area contributed by atoms with Crippen LogP contribution in [-0.2, 0) is 14.8 Å². The number of carbonyl (C=O) groups excluding carboxylic acids is 1. The fraction of sp³-hybridized carbons (Fsp3) is 0.316. The number of rotatable bonds is 5. The van der Waals surface area contributed by atoms with E-state index >= 15 is 0 Å². The Morgan fingerprint density at radius 3 is 2.33 bits per heavy atom. The largest absolute Gasteiger partial charge is 0.545 e. The number of benzene rings is 2. The first-order chi connectivity index (χ1) is 12.8. The predicted molar refractivity (Wildman–Crippen MR) is 101 cm³/mol. The number of sulfonamides is 1. The molecule has 0 aromatic heterocycles. The lowest BCUT2D eigenvalue weighted by molar-refractivity contribution is -0.255. The molecule has 8 heteroatoms. The van der Waals surface area contributed by atoms with Gasteiger partial charge in [0.15, 0.2) is 0 Å². The van der Waals surface area contributed by atoms with Crippen LogP contribution in [0.1, 0.15) is 21.5 Å². The van der Waals surface area contributed by atoms with E-state index in [2.05, 4.69) is 9.62 Å². The summed E-state index contributed by atoms with van der Waals surface area (Å²) in [6.45, 7) is 6.23. The summed E-state index contributed by atoms with van der Waals surface area (Å²) in [6.07, 6.45) is 0. The van der Waals surface area contributed by atoms with Crippen LogP contribution in [0.3, 0.4) is 0 Å². The highest BCUT2D eigenvalue weighted by molar-refractivity contribution is 7.92. The van der Waals surface area contributed by atoms with Crippen molar-refractivity contribution in [3.05, 3.63) is 53.1 Å². The van der Waals surface area contributed by atoms with Crippen LogP contribution in [0.5, 0.6) is 0 Å². The van der Waals surface area contributed by atoms with Crippen molar-refractivity contribution >= 4 is 27.4 Å². The van der Waals surface area contributed by atoms with Crippen molar-refractivity contribution in [3.8, 4) is 0 Å². The molecule has 0 aliphatic carbocycles. The maximum atomic E-state index is 12.8. The van der Waals surface area contributed by atoms with Crippen LogP contribution in [0.4, 0.5) is 11.4 Å². The molecule has 0 atom stereocenters. The maximum absolute atomic E-state index is 12.8. The monoisotopic (exact) mass is 389 g/mol. The third kappa shape index (κ3) is 4.23. The van der Waals surface area contributed by atoms with Gasteiger partial charge in [0.05, 0.1) is 24.1 Å². The average Bonchev–Trinajstić information content (AvgIpc) is 2.64. The van der Waals surface area contributed by atoms with Gasteiger partial charge < -0.3 is 19.5 Å². The molecule has 1 N–H and O–H groups in total. The van der Waals surface area contributed by atoms with Crippen LogP contribution in [-0.4, -0.2) is 40.7 Å². The molecule has 0 bridgehead atoms. The number of nitrogens with one attached hydrogen (secondary N) is 1. The van der Waals surface area contributed by atoms with E-state index in [-0.39, 0.29) is 10.5 Å². The quantitative estimate of drug-likeness (QED) is 0.828. The molecule has 1 fully saturated rings. The minimum absolute atomic E-state index is 0.0704. The van der Waals surface area contributed by atoms with Gasteiger partial charge in [-0.1, -0.05) is 0 Å². The number of ether oxygens (including phenoxy) is 1. The van der Waals surface area contributed by atoms with Crippen LogP contribution >= 0.6 is 0 Å². The SMILES string of the molecule is Cc1cc(C(=O)[O-])cc(S(=O)(=O)Nc2ccc(N3CCOCC3)cc2)c1C. The molecule has 144 valence electrons. The lowest BCUT2D eigenvalue weighted by atomic mass is 10.1. The van der Waals surface area contributed by atoms with Gasteiger partial charge in [0.1, 0.15) is 0 Å². The number of nitrogens with zero attached hydrogens (tertiary/aromatic N) is 1. The molecule has 27 heavy (non-hydrogen) atoms. The Kier molecular flexibility index (Phi) is 5.38. The highest BCUT2D eigenvalue weighted by Gasteiger charge is 2.20. The number of aryl methyl sites for hydroxylation is 1. The van der Waals surface area contributed by atoms with Gasteiger partial charge in [-0.2, -0.15) is 0 Å². The van der Waals surface area contributed by atoms with Crippen molar-refractivity contribution in [2.24, 2.45) is 0 Å². The van der Waals surface area contributed by atoms with E-state index in [1.165, 1.54) is 6.07 Å². The average molecular weight is 389 g/mol. The molecule has 0 radical (unpaired) electrons. The topological polar surface area (TPSA) is 98.8 Å². The molecule has 0 saturated carbocycles. The molecule has 0 amide bonds. The Labute approximate surface area is 158 Å². The van der Waals surface area contributed by atoms with E-state index in [1.54, 1.807) is 26.0 Å².